The second kappa shape index (κ2) is 26.8. The van der Waals surface area contributed by atoms with Crippen molar-refractivity contribution in [3.8, 4) is 0 Å². The van der Waals surface area contributed by atoms with Gasteiger partial charge in [0, 0.05) is 33.5 Å². The van der Waals surface area contributed by atoms with Crippen molar-refractivity contribution in [2.45, 2.75) is 172 Å². The standard InChI is InChI=1S/C41H76N4O21/c1-20(48)30(54)24(17-62-38-36(60)34(58)32(56)26(15-46)65-38)44(22(3)50)13-28(52)42-11-9-41(7,8)64-12-10-40(5,6)19-43-29(53)14-45(23(4)51)25(31(55)21(2)49)18-63-39-37(61)35(59)33(57)27(16-47)66-39/h20-21,24-27,30-39,46-49,54-61H,9-19H2,1-8H3,(H,42,52)(H,43,53)/t20-,21-,24+,25+,26?,27?,30-,31-,32+,33+,34?,35?,36?,37?,38+,39+/m1/s1. The number of amides is 4. The maximum atomic E-state index is 13.2. The summed E-state index contributed by atoms with van der Waals surface area (Å²) >= 11 is 0. The predicted octanol–water partition coefficient (Wildman–Crippen LogP) is -6.63. The molecule has 2 saturated heterocycles. The van der Waals surface area contributed by atoms with E-state index in [1.165, 1.54) is 13.8 Å². The molecule has 0 spiro atoms. The van der Waals surface area contributed by atoms with E-state index >= 15 is 0 Å². The Kier molecular flexibility index (Phi) is 24.1. The van der Waals surface area contributed by atoms with Gasteiger partial charge in [0.15, 0.2) is 12.6 Å². The van der Waals surface area contributed by atoms with Crippen molar-refractivity contribution in [1.29, 1.82) is 0 Å². The molecule has 14 N–H and O–H groups in total. The van der Waals surface area contributed by atoms with Crippen LogP contribution in [0.4, 0.5) is 0 Å². The minimum atomic E-state index is -1.78. The van der Waals surface area contributed by atoms with Gasteiger partial charge in [0.1, 0.15) is 61.0 Å². The van der Waals surface area contributed by atoms with E-state index in [1.54, 1.807) is 13.8 Å². The third-order valence-electron chi connectivity index (χ3n) is 11.7. The van der Waals surface area contributed by atoms with Crippen LogP contribution in [0.2, 0.25) is 0 Å². The largest absolute Gasteiger partial charge is 0.394 e. The van der Waals surface area contributed by atoms with Gasteiger partial charge in [-0.2, -0.15) is 0 Å². The molecule has 4 amide bonds. The summed E-state index contributed by atoms with van der Waals surface area (Å²) in [5.74, 6) is -2.61. The molecular formula is C41H76N4O21. The maximum Gasteiger partial charge on any atom is 0.239 e. The molecule has 6 unspecified atom stereocenters. The molecule has 0 saturated carbocycles. The molecule has 0 aromatic heterocycles. The molecule has 386 valence electrons. The minimum absolute atomic E-state index is 0.0903. The van der Waals surface area contributed by atoms with Gasteiger partial charge >= 0.3 is 0 Å². The van der Waals surface area contributed by atoms with Gasteiger partial charge in [0.25, 0.3) is 0 Å². The highest BCUT2D eigenvalue weighted by atomic mass is 16.7. The molecule has 0 aromatic rings. The molecular weight excluding hydrogens is 884 g/mol. The highest BCUT2D eigenvalue weighted by Gasteiger charge is 2.46. The number of rotatable bonds is 27. The molecule has 25 heteroatoms. The molecule has 2 aliphatic heterocycles. The fourth-order valence-corrected chi connectivity index (χ4v) is 7.14. The first-order chi connectivity index (χ1) is 30.6. The zero-order valence-corrected chi connectivity index (χ0v) is 39.0. The fraction of sp³-hybridized carbons (Fsp3) is 0.902. The molecule has 0 bridgehead atoms. The summed E-state index contributed by atoms with van der Waals surface area (Å²) in [6.07, 6.45) is -21.5. The van der Waals surface area contributed by atoms with Crippen LogP contribution in [-0.2, 0) is 42.9 Å². The van der Waals surface area contributed by atoms with Crippen LogP contribution in [-0.4, -0.2) is 257 Å². The van der Waals surface area contributed by atoms with Crippen molar-refractivity contribution < 1.29 is 104 Å². The van der Waals surface area contributed by atoms with Crippen molar-refractivity contribution >= 4 is 23.6 Å². The number of hydrogen-bond acceptors (Lipinski definition) is 21. The van der Waals surface area contributed by atoms with Gasteiger partial charge in [-0.15, -0.1) is 0 Å². The topological polar surface area (TPSA) is 388 Å². The molecule has 0 aromatic carbocycles. The normalized spacial score (nSPS) is 28.9. The zero-order valence-electron chi connectivity index (χ0n) is 39.0. The van der Waals surface area contributed by atoms with E-state index in [-0.39, 0.29) is 19.7 Å². The quantitative estimate of drug-likeness (QED) is 0.0364. The van der Waals surface area contributed by atoms with Crippen molar-refractivity contribution in [2.75, 3.05) is 59.2 Å². The van der Waals surface area contributed by atoms with E-state index in [9.17, 15) is 80.5 Å². The van der Waals surface area contributed by atoms with Crippen LogP contribution in [0.1, 0.15) is 68.2 Å². The molecule has 16 atom stereocenters. The number of aliphatic hydroxyl groups is 12. The second-order valence-corrected chi connectivity index (χ2v) is 18.4. The molecule has 0 aliphatic carbocycles. The Hall–Kier alpha value is -2.80. The van der Waals surface area contributed by atoms with Crippen molar-refractivity contribution in [3.63, 3.8) is 0 Å². The molecule has 66 heavy (non-hydrogen) atoms. The Bertz CT molecular complexity index is 1510. The summed E-state index contributed by atoms with van der Waals surface area (Å²) < 4.78 is 27.9. The smallest absolute Gasteiger partial charge is 0.239 e. The Morgan fingerprint density at radius 3 is 1.38 bits per heavy atom. The van der Waals surface area contributed by atoms with E-state index in [4.69, 9.17) is 23.7 Å². The number of hydrogen-bond donors (Lipinski definition) is 14. The van der Waals surface area contributed by atoms with Crippen LogP contribution in [0.15, 0.2) is 0 Å². The summed E-state index contributed by atoms with van der Waals surface area (Å²) in [5.41, 5.74) is -1.34. The zero-order chi connectivity index (χ0) is 50.4. The summed E-state index contributed by atoms with van der Waals surface area (Å²) in [4.78, 5) is 53.7. The van der Waals surface area contributed by atoms with Crippen LogP contribution in [0.5, 0.6) is 0 Å². The maximum absolute atomic E-state index is 13.2. The lowest BCUT2D eigenvalue weighted by Crippen LogP contribution is -2.60. The lowest BCUT2D eigenvalue weighted by molar-refractivity contribution is -0.304. The van der Waals surface area contributed by atoms with Crippen LogP contribution in [0, 0.1) is 5.41 Å². The first-order valence-electron chi connectivity index (χ1n) is 21.9. The molecule has 0 radical (unpaired) electrons. The van der Waals surface area contributed by atoms with Gasteiger partial charge in [-0.1, -0.05) is 13.8 Å². The Balaban J connectivity index is 1.93. The summed E-state index contributed by atoms with van der Waals surface area (Å²) in [7, 11) is 0. The van der Waals surface area contributed by atoms with Crippen LogP contribution in [0.3, 0.4) is 0 Å². The van der Waals surface area contributed by atoms with E-state index in [0.717, 1.165) is 23.6 Å². The van der Waals surface area contributed by atoms with Gasteiger partial charge in [-0.3, -0.25) is 19.2 Å². The van der Waals surface area contributed by atoms with Gasteiger partial charge in [0.2, 0.25) is 23.6 Å². The lowest BCUT2D eigenvalue weighted by Gasteiger charge is -2.41. The SMILES string of the molecule is CC(=O)N(CC(=O)NCCC(C)(C)OCCC(C)(C)CNC(=O)CN(C(C)=O)[C@@H](CO[C@H]1OC(CO)[C@H](O)C(O)C1O)[C@H](O)[C@@H](C)O)[C@@H](CO[C@H]1OC(CO)[C@H](O)C(O)C1O)[C@H](O)[C@@H](C)O. The highest BCUT2D eigenvalue weighted by molar-refractivity contribution is 5.84. The Morgan fingerprint density at radius 2 is 1.02 bits per heavy atom. The third-order valence-corrected chi connectivity index (χ3v) is 11.7. The van der Waals surface area contributed by atoms with Crippen molar-refractivity contribution in [2.24, 2.45) is 5.41 Å². The Labute approximate surface area is 384 Å². The summed E-state index contributed by atoms with van der Waals surface area (Å²) in [5, 5.41) is 127. The lowest BCUT2D eigenvalue weighted by atomic mass is 9.89. The first kappa shape index (κ1) is 59.3. The van der Waals surface area contributed by atoms with E-state index in [2.05, 4.69) is 10.6 Å². The van der Waals surface area contributed by atoms with Crippen LogP contribution in [0.25, 0.3) is 0 Å². The van der Waals surface area contributed by atoms with Crippen LogP contribution < -0.4 is 10.6 Å². The second-order valence-electron chi connectivity index (χ2n) is 18.4. The summed E-state index contributed by atoms with van der Waals surface area (Å²) in [6.45, 7) is 8.68. The van der Waals surface area contributed by atoms with E-state index in [0.29, 0.717) is 12.8 Å². The minimum Gasteiger partial charge on any atom is -0.394 e. The Morgan fingerprint density at radius 1 is 0.621 bits per heavy atom. The number of carbonyl (C=O) groups excluding carboxylic acids is 4. The molecule has 2 aliphatic rings. The number of carbonyl (C=O) groups is 4. The summed E-state index contributed by atoms with van der Waals surface area (Å²) in [6, 6.07) is -2.70. The third kappa shape index (κ3) is 17.6. The van der Waals surface area contributed by atoms with Crippen LogP contribution >= 0.6 is 0 Å². The van der Waals surface area contributed by atoms with Gasteiger partial charge < -0.3 is 105 Å². The monoisotopic (exact) mass is 961 g/mol. The highest BCUT2D eigenvalue weighted by Crippen LogP contribution is 2.26. The van der Waals surface area contributed by atoms with Gasteiger partial charge in [0.05, 0.1) is 69.4 Å². The number of aliphatic hydroxyl groups excluding tert-OH is 12. The average molecular weight is 961 g/mol. The van der Waals surface area contributed by atoms with Crippen molar-refractivity contribution in [3.05, 3.63) is 0 Å². The molecule has 2 fully saturated rings. The first-order valence-corrected chi connectivity index (χ1v) is 21.9. The number of nitrogens with zero attached hydrogens (tertiary/aromatic N) is 2. The van der Waals surface area contributed by atoms with E-state index < -0.39 is 172 Å². The number of ether oxygens (including phenoxy) is 5. The molecule has 2 heterocycles. The number of nitrogens with one attached hydrogen (secondary N) is 2. The van der Waals surface area contributed by atoms with Gasteiger partial charge in [-0.25, -0.2) is 0 Å². The van der Waals surface area contributed by atoms with Crippen molar-refractivity contribution in [1.82, 2.24) is 20.4 Å². The average Bonchev–Trinajstić information content (AvgIpc) is 3.23. The molecule has 2 rings (SSSR count). The fourth-order valence-electron chi connectivity index (χ4n) is 7.14. The van der Waals surface area contributed by atoms with E-state index in [1.807, 2.05) is 13.8 Å². The molecule has 25 nitrogen and oxygen atoms in total. The predicted molar refractivity (Wildman–Crippen MR) is 226 cm³/mol. The van der Waals surface area contributed by atoms with Gasteiger partial charge in [-0.05, 0) is 46.0 Å².